The van der Waals surface area contributed by atoms with Gasteiger partial charge >= 0.3 is 12.1 Å². The molecule has 0 aromatic carbocycles. The minimum absolute atomic E-state index is 0.0932. The molecule has 1 aliphatic rings. The van der Waals surface area contributed by atoms with Crippen LogP contribution in [0.1, 0.15) is 33.6 Å². The van der Waals surface area contributed by atoms with Crippen LogP contribution in [0.4, 0.5) is 4.79 Å². The number of ether oxygens (including phenoxy) is 3. The van der Waals surface area contributed by atoms with E-state index in [1.807, 2.05) is 25.7 Å². The highest BCUT2D eigenvalue weighted by Gasteiger charge is 2.24. The van der Waals surface area contributed by atoms with E-state index in [0.29, 0.717) is 6.61 Å². The highest BCUT2D eigenvalue weighted by Crippen LogP contribution is 2.12. The summed E-state index contributed by atoms with van der Waals surface area (Å²) in [5, 5.41) is 2.87. The van der Waals surface area contributed by atoms with Crippen molar-refractivity contribution in [2.45, 2.75) is 45.3 Å². The number of esters is 1. The second-order valence-corrected chi connectivity index (χ2v) is 6.41. The van der Waals surface area contributed by atoms with E-state index < -0.39 is 5.60 Å². The van der Waals surface area contributed by atoms with Gasteiger partial charge in [-0.2, -0.15) is 0 Å². The van der Waals surface area contributed by atoms with Crippen molar-refractivity contribution >= 4 is 12.1 Å². The quantitative estimate of drug-likeness (QED) is 0.585. The molecule has 0 bridgehead atoms. The second-order valence-electron chi connectivity index (χ2n) is 6.41. The van der Waals surface area contributed by atoms with Gasteiger partial charge in [0.2, 0.25) is 0 Å². The van der Waals surface area contributed by atoms with Crippen LogP contribution in [0, 0.1) is 0 Å². The third kappa shape index (κ3) is 8.19. The number of piperidine rings is 1. The van der Waals surface area contributed by atoms with Crippen LogP contribution in [0.3, 0.4) is 0 Å². The Morgan fingerprint density at radius 3 is 2.36 bits per heavy atom. The summed E-state index contributed by atoms with van der Waals surface area (Å²) in [7, 11) is 1.57. The van der Waals surface area contributed by atoms with Crippen molar-refractivity contribution in [2.24, 2.45) is 0 Å². The second kappa shape index (κ2) is 8.95. The minimum Gasteiger partial charge on any atom is -0.462 e. The van der Waals surface area contributed by atoms with Crippen molar-refractivity contribution in [1.82, 2.24) is 10.2 Å². The van der Waals surface area contributed by atoms with Crippen LogP contribution in [0.2, 0.25) is 0 Å². The number of carbonyl (C=O) groups is 2. The lowest BCUT2D eigenvalue weighted by Gasteiger charge is -2.32. The number of amides is 1. The zero-order valence-electron chi connectivity index (χ0n) is 14.0. The van der Waals surface area contributed by atoms with E-state index in [2.05, 4.69) is 5.32 Å². The Hall–Kier alpha value is -1.34. The molecule has 1 heterocycles. The lowest BCUT2D eigenvalue weighted by Crippen LogP contribution is -2.47. The SMILES string of the molecule is COCCOC(=O)CN1CCC(NC(=O)OC(C)(C)C)CC1. The Labute approximate surface area is 132 Å². The Balaban J connectivity index is 2.20. The highest BCUT2D eigenvalue weighted by molar-refractivity contribution is 5.71. The van der Waals surface area contributed by atoms with Crippen LogP contribution in [-0.2, 0) is 19.0 Å². The molecule has 1 amide bonds. The molecule has 0 saturated carbocycles. The molecular weight excluding hydrogens is 288 g/mol. The monoisotopic (exact) mass is 316 g/mol. The molecule has 1 saturated heterocycles. The first-order chi connectivity index (χ1) is 10.3. The molecule has 1 N–H and O–H groups in total. The summed E-state index contributed by atoms with van der Waals surface area (Å²) >= 11 is 0. The number of methoxy groups -OCH3 is 1. The normalized spacial score (nSPS) is 17.1. The predicted octanol–water partition coefficient (Wildman–Crippen LogP) is 1.17. The fourth-order valence-electron chi connectivity index (χ4n) is 2.18. The van der Waals surface area contributed by atoms with E-state index >= 15 is 0 Å². The maximum Gasteiger partial charge on any atom is 0.407 e. The number of alkyl carbamates (subject to hydrolysis) is 1. The van der Waals surface area contributed by atoms with Gasteiger partial charge in [0.1, 0.15) is 12.2 Å². The van der Waals surface area contributed by atoms with Gasteiger partial charge in [0, 0.05) is 26.2 Å². The van der Waals surface area contributed by atoms with Gasteiger partial charge in [0.25, 0.3) is 0 Å². The number of nitrogens with one attached hydrogen (secondary N) is 1. The fourth-order valence-corrected chi connectivity index (χ4v) is 2.18. The largest absolute Gasteiger partial charge is 0.462 e. The molecule has 1 fully saturated rings. The van der Waals surface area contributed by atoms with Crippen molar-refractivity contribution in [1.29, 1.82) is 0 Å². The maximum atomic E-state index is 11.7. The molecule has 1 aliphatic heterocycles. The van der Waals surface area contributed by atoms with E-state index in [1.54, 1.807) is 7.11 Å². The smallest absolute Gasteiger partial charge is 0.407 e. The van der Waals surface area contributed by atoms with E-state index in [9.17, 15) is 9.59 Å². The van der Waals surface area contributed by atoms with Gasteiger partial charge in [0.05, 0.1) is 13.2 Å². The predicted molar refractivity (Wildman–Crippen MR) is 81.7 cm³/mol. The van der Waals surface area contributed by atoms with Crippen molar-refractivity contribution in [2.75, 3.05) is 40.0 Å². The lowest BCUT2D eigenvalue weighted by molar-refractivity contribution is -0.146. The van der Waals surface area contributed by atoms with Gasteiger partial charge < -0.3 is 19.5 Å². The third-order valence-electron chi connectivity index (χ3n) is 3.21. The van der Waals surface area contributed by atoms with Gasteiger partial charge in [-0.3, -0.25) is 9.69 Å². The van der Waals surface area contributed by atoms with Crippen LogP contribution < -0.4 is 5.32 Å². The molecule has 0 radical (unpaired) electrons. The standard InChI is InChI=1S/C15H28N2O5/c1-15(2,3)22-14(19)16-12-5-7-17(8-6-12)11-13(18)21-10-9-20-4/h12H,5-11H2,1-4H3,(H,16,19). The number of rotatable bonds is 6. The van der Waals surface area contributed by atoms with Crippen molar-refractivity contribution in [3.8, 4) is 0 Å². The Kier molecular flexibility index (Phi) is 7.61. The highest BCUT2D eigenvalue weighted by atomic mass is 16.6. The fraction of sp³-hybridized carbons (Fsp3) is 0.867. The van der Waals surface area contributed by atoms with Crippen LogP contribution in [0.25, 0.3) is 0 Å². The number of carbonyl (C=O) groups excluding carboxylic acids is 2. The first-order valence-corrected chi connectivity index (χ1v) is 7.66. The summed E-state index contributed by atoms with van der Waals surface area (Å²) in [5.74, 6) is -0.240. The maximum absolute atomic E-state index is 11.7. The van der Waals surface area contributed by atoms with Crippen LogP contribution >= 0.6 is 0 Å². The van der Waals surface area contributed by atoms with Crippen molar-refractivity contribution < 1.29 is 23.8 Å². The molecule has 0 aromatic rings. The van der Waals surface area contributed by atoms with Gasteiger partial charge in [-0.15, -0.1) is 0 Å². The molecule has 22 heavy (non-hydrogen) atoms. The van der Waals surface area contributed by atoms with Gasteiger partial charge in [-0.1, -0.05) is 0 Å². The number of hydrogen-bond acceptors (Lipinski definition) is 6. The number of likely N-dealkylation sites (tertiary alicyclic amines) is 1. The Morgan fingerprint density at radius 2 is 1.82 bits per heavy atom. The summed E-state index contributed by atoms with van der Waals surface area (Å²) in [6, 6.07) is 0.0932. The van der Waals surface area contributed by atoms with Crippen LogP contribution in [0.15, 0.2) is 0 Å². The summed E-state index contributed by atoms with van der Waals surface area (Å²) < 4.78 is 15.1. The average molecular weight is 316 g/mol. The Bertz CT molecular complexity index is 359. The molecule has 7 nitrogen and oxygen atoms in total. The number of nitrogens with zero attached hydrogens (tertiary/aromatic N) is 1. The molecule has 128 valence electrons. The summed E-state index contributed by atoms with van der Waals surface area (Å²) in [6.07, 6.45) is 1.21. The van der Waals surface area contributed by atoms with E-state index in [-0.39, 0.29) is 31.3 Å². The van der Waals surface area contributed by atoms with Crippen molar-refractivity contribution in [3.05, 3.63) is 0 Å². The summed E-state index contributed by atoms with van der Waals surface area (Å²) in [5.41, 5.74) is -0.489. The molecule has 0 unspecified atom stereocenters. The first kappa shape index (κ1) is 18.7. The number of hydrogen-bond donors (Lipinski definition) is 1. The topological polar surface area (TPSA) is 77.1 Å². The molecule has 0 spiro atoms. The van der Waals surface area contributed by atoms with Crippen LogP contribution in [-0.4, -0.2) is 68.6 Å². The molecule has 0 aromatic heterocycles. The van der Waals surface area contributed by atoms with Crippen molar-refractivity contribution in [3.63, 3.8) is 0 Å². The van der Waals surface area contributed by atoms with Gasteiger partial charge in [0.15, 0.2) is 0 Å². The zero-order valence-corrected chi connectivity index (χ0v) is 14.0. The van der Waals surface area contributed by atoms with Crippen LogP contribution in [0.5, 0.6) is 0 Å². The third-order valence-corrected chi connectivity index (χ3v) is 3.21. The summed E-state index contributed by atoms with van der Waals surface area (Å²) in [6.45, 7) is 7.99. The average Bonchev–Trinajstić information content (AvgIpc) is 2.39. The van der Waals surface area contributed by atoms with E-state index in [1.165, 1.54) is 0 Å². The van der Waals surface area contributed by atoms with Gasteiger partial charge in [-0.05, 0) is 33.6 Å². The van der Waals surface area contributed by atoms with E-state index in [4.69, 9.17) is 14.2 Å². The molecule has 7 heteroatoms. The molecule has 1 rings (SSSR count). The zero-order chi connectivity index (χ0) is 16.6. The first-order valence-electron chi connectivity index (χ1n) is 7.66. The molecule has 0 atom stereocenters. The van der Waals surface area contributed by atoms with E-state index in [0.717, 1.165) is 25.9 Å². The molecule has 0 aliphatic carbocycles. The lowest BCUT2D eigenvalue weighted by atomic mass is 10.1. The minimum atomic E-state index is -0.489. The summed E-state index contributed by atoms with van der Waals surface area (Å²) in [4.78, 5) is 25.3. The van der Waals surface area contributed by atoms with Gasteiger partial charge in [-0.25, -0.2) is 4.79 Å². The Morgan fingerprint density at radius 1 is 1.18 bits per heavy atom. The molecular formula is C15H28N2O5.